The largest absolute Gasteiger partial charge is 0.478 e. The maximum Gasteiger partial charge on any atom is 0.335 e. The third-order valence-corrected chi connectivity index (χ3v) is 7.02. The molecule has 0 saturated carbocycles. The van der Waals surface area contributed by atoms with Crippen LogP contribution in [0.2, 0.25) is 5.02 Å². The Bertz CT molecular complexity index is 979. The highest BCUT2D eigenvalue weighted by Crippen LogP contribution is 2.36. The van der Waals surface area contributed by atoms with E-state index in [1.165, 1.54) is 12.1 Å². The molecule has 1 saturated heterocycles. The number of rotatable bonds is 9. The van der Waals surface area contributed by atoms with E-state index >= 15 is 0 Å². The Morgan fingerprint density at radius 1 is 1.12 bits per heavy atom. The molecule has 0 radical (unpaired) electrons. The van der Waals surface area contributed by atoms with Gasteiger partial charge in [-0.1, -0.05) is 37.6 Å². The van der Waals surface area contributed by atoms with Crippen LogP contribution in [0.1, 0.15) is 55.1 Å². The van der Waals surface area contributed by atoms with Crippen molar-refractivity contribution in [1.82, 2.24) is 4.90 Å². The number of carbonyl (C=O) groups is 3. The molecule has 2 N–H and O–H groups in total. The van der Waals surface area contributed by atoms with Crippen molar-refractivity contribution in [2.75, 3.05) is 17.6 Å². The number of amides is 2. The van der Waals surface area contributed by atoms with Crippen molar-refractivity contribution < 1.29 is 19.5 Å². The molecule has 0 bridgehead atoms. The van der Waals surface area contributed by atoms with Gasteiger partial charge in [0.15, 0.2) is 0 Å². The number of likely N-dealkylation sites (tertiary alicyclic amines) is 1. The average Bonchev–Trinajstić information content (AvgIpc) is 2.77. The zero-order valence-electron chi connectivity index (χ0n) is 18.8. The first-order valence-corrected chi connectivity index (χ1v) is 12.5. The van der Waals surface area contributed by atoms with Crippen LogP contribution in [-0.4, -0.2) is 45.3 Å². The fourth-order valence-electron chi connectivity index (χ4n) is 4.03. The Morgan fingerprint density at radius 3 is 2.39 bits per heavy atom. The number of hydrogen-bond donors (Lipinski definition) is 2. The molecule has 2 amide bonds. The predicted octanol–water partition coefficient (Wildman–Crippen LogP) is 5.49. The van der Waals surface area contributed by atoms with Gasteiger partial charge in [-0.05, 0) is 60.1 Å². The molecular weight excluding hydrogens is 460 g/mol. The van der Waals surface area contributed by atoms with Crippen molar-refractivity contribution in [3.63, 3.8) is 0 Å². The van der Waals surface area contributed by atoms with E-state index in [1.54, 1.807) is 12.1 Å². The Balaban J connectivity index is 1.67. The Labute approximate surface area is 203 Å². The molecule has 2 unspecified atom stereocenters. The van der Waals surface area contributed by atoms with Crippen LogP contribution in [-0.2, 0) is 9.59 Å². The topological polar surface area (TPSA) is 86.7 Å². The number of carboxylic acid groups (broad SMARTS) is 1. The number of carbonyl (C=O) groups excluding carboxylic acids is 2. The van der Waals surface area contributed by atoms with Crippen molar-refractivity contribution in [2.24, 2.45) is 5.92 Å². The zero-order chi connectivity index (χ0) is 24.0. The minimum Gasteiger partial charge on any atom is -0.478 e. The molecule has 1 aliphatic heterocycles. The van der Waals surface area contributed by atoms with Crippen molar-refractivity contribution in [2.45, 2.75) is 44.4 Å². The summed E-state index contributed by atoms with van der Waals surface area (Å²) in [4.78, 5) is 38.9. The summed E-state index contributed by atoms with van der Waals surface area (Å²) in [5.41, 5.74) is 1.72. The van der Waals surface area contributed by atoms with E-state index in [4.69, 9.17) is 16.7 Å². The van der Waals surface area contributed by atoms with Crippen molar-refractivity contribution in [3.8, 4) is 0 Å². The molecule has 0 spiro atoms. The smallest absolute Gasteiger partial charge is 0.335 e. The Morgan fingerprint density at radius 2 is 1.79 bits per heavy atom. The number of carboxylic acids is 1. The van der Waals surface area contributed by atoms with Gasteiger partial charge in [-0.3, -0.25) is 9.59 Å². The molecule has 0 aromatic heterocycles. The summed E-state index contributed by atoms with van der Waals surface area (Å²) < 4.78 is 0. The number of anilines is 1. The fourth-order valence-corrected chi connectivity index (χ4v) is 4.93. The molecule has 2 aromatic rings. The number of nitrogens with zero attached hydrogens (tertiary/aromatic N) is 1. The second kappa shape index (κ2) is 11.6. The van der Waals surface area contributed by atoms with Crippen LogP contribution >= 0.6 is 23.4 Å². The lowest BCUT2D eigenvalue weighted by Crippen LogP contribution is -2.45. The van der Waals surface area contributed by atoms with E-state index in [2.05, 4.69) is 19.2 Å². The molecule has 6 nitrogen and oxygen atoms in total. The summed E-state index contributed by atoms with van der Waals surface area (Å²) in [7, 11) is 0. The van der Waals surface area contributed by atoms with Crippen LogP contribution in [0.15, 0.2) is 48.5 Å². The maximum absolute atomic E-state index is 13.4. The van der Waals surface area contributed by atoms with Gasteiger partial charge >= 0.3 is 5.97 Å². The van der Waals surface area contributed by atoms with Gasteiger partial charge < -0.3 is 15.3 Å². The highest BCUT2D eigenvalue weighted by Gasteiger charge is 2.36. The van der Waals surface area contributed by atoms with Gasteiger partial charge in [-0.15, -0.1) is 0 Å². The van der Waals surface area contributed by atoms with E-state index in [0.717, 1.165) is 17.7 Å². The van der Waals surface area contributed by atoms with Crippen LogP contribution < -0.4 is 5.32 Å². The Hall–Kier alpha value is -2.51. The van der Waals surface area contributed by atoms with Crippen LogP contribution in [0.4, 0.5) is 5.69 Å². The monoisotopic (exact) mass is 488 g/mol. The number of nitrogens with one attached hydrogen (secondary N) is 1. The standard InChI is InChI=1S/C25H29ClN2O4S/c1-16(2)33-14-13-28-22(17-3-8-20(26)9-4-17)12-7-19(24(28)30)15-23(29)27-21-10-5-18(6-11-21)25(31)32/h3-6,8-11,16,19,22H,7,12-15H2,1-2H3,(H,27,29)(H,31,32). The summed E-state index contributed by atoms with van der Waals surface area (Å²) in [6.07, 6.45) is 1.51. The van der Waals surface area contributed by atoms with E-state index in [1.807, 2.05) is 40.9 Å². The molecule has 1 aliphatic rings. The number of thioether (sulfide) groups is 1. The third-order valence-electron chi connectivity index (χ3n) is 5.68. The lowest BCUT2D eigenvalue weighted by molar-refractivity contribution is -0.143. The molecule has 0 aliphatic carbocycles. The van der Waals surface area contributed by atoms with Crippen LogP contribution in [0, 0.1) is 5.92 Å². The van der Waals surface area contributed by atoms with Gasteiger partial charge in [0.25, 0.3) is 0 Å². The van der Waals surface area contributed by atoms with Crippen LogP contribution in [0.25, 0.3) is 0 Å². The molecule has 1 heterocycles. The molecule has 2 aromatic carbocycles. The highest BCUT2D eigenvalue weighted by molar-refractivity contribution is 7.99. The van der Waals surface area contributed by atoms with Gasteiger partial charge in [0.1, 0.15) is 0 Å². The normalized spacial score (nSPS) is 18.4. The molecular formula is C25H29ClN2O4S. The summed E-state index contributed by atoms with van der Waals surface area (Å²) in [6, 6.07) is 13.6. The van der Waals surface area contributed by atoms with E-state index in [-0.39, 0.29) is 35.8 Å². The summed E-state index contributed by atoms with van der Waals surface area (Å²) in [5, 5.41) is 12.9. The minimum absolute atomic E-state index is 0.00179. The van der Waals surface area contributed by atoms with Crippen LogP contribution in [0.5, 0.6) is 0 Å². The zero-order valence-corrected chi connectivity index (χ0v) is 20.4. The molecule has 3 rings (SSSR count). The molecule has 2 atom stereocenters. The predicted molar refractivity (Wildman–Crippen MR) is 133 cm³/mol. The summed E-state index contributed by atoms with van der Waals surface area (Å²) in [5.74, 6) is -0.815. The first-order chi connectivity index (χ1) is 15.7. The number of benzene rings is 2. The van der Waals surface area contributed by atoms with Gasteiger partial charge in [-0.2, -0.15) is 11.8 Å². The van der Waals surface area contributed by atoms with Crippen molar-refractivity contribution in [3.05, 3.63) is 64.7 Å². The van der Waals surface area contributed by atoms with E-state index in [0.29, 0.717) is 28.9 Å². The summed E-state index contributed by atoms with van der Waals surface area (Å²) >= 11 is 7.86. The molecule has 176 valence electrons. The van der Waals surface area contributed by atoms with Gasteiger partial charge in [0.2, 0.25) is 11.8 Å². The first-order valence-electron chi connectivity index (χ1n) is 11.1. The van der Waals surface area contributed by atoms with Crippen LogP contribution in [0.3, 0.4) is 0 Å². The van der Waals surface area contributed by atoms with E-state index in [9.17, 15) is 14.4 Å². The van der Waals surface area contributed by atoms with Gasteiger partial charge in [-0.25, -0.2) is 4.79 Å². The summed E-state index contributed by atoms with van der Waals surface area (Å²) in [6.45, 7) is 4.90. The fraction of sp³-hybridized carbons (Fsp3) is 0.400. The number of piperidine rings is 1. The maximum atomic E-state index is 13.4. The first kappa shape index (κ1) is 25.1. The van der Waals surface area contributed by atoms with Crippen molar-refractivity contribution in [1.29, 1.82) is 0 Å². The quantitative estimate of drug-likeness (QED) is 0.487. The van der Waals surface area contributed by atoms with Crippen molar-refractivity contribution >= 4 is 46.8 Å². The lowest BCUT2D eigenvalue weighted by Gasteiger charge is -2.39. The molecule has 8 heteroatoms. The Kier molecular flexibility index (Phi) is 8.80. The van der Waals surface area contributed by atoms with Gasteiger partial charge in [0.05, 0.1) is 11.6 Å². The second-order valence-corrected chi connectivity index (χ2v) is 10.5. The minimum atomic E-state index is -1.02. The number of aromatic carboxylic acids is 1. The highest BCUT2D eigenvalue weighted by atomic mass is 35.5. The third kappa shape index (κ3) is 6.98. The lowest BCUT2D eigenvalue weighted by atomic mass is 9.86. The second-order valence-electron chi connectivity index (χ2n) is 8.43. The SMILES string of the molecule is CC(C)SCCN1C(=O)C(CC(=O)Nc2ccc(C(=O)O)cc2)CCC1c1ccc(Cl)cc1. The average molecular weight is 489 g/mol. The van der Waals surface area contributed by atoms with E-state index < -0.39 is 5.97 Å². The molecule has 1 fully saturated rings. The number of halogens is 1. The van der Waals surface area contributed by atoms with Gasteiger partial charge in [0, 0.05) is 35.3 Å². The number of hydrogen-bond acceptors (Lipinski definition) is 4. The molecule has 33 heavy (non-hydrogen) atoms.